The van der Waals surface area contributed by atoms with E-state index in [0.29, 0.717) is 17.3 Å². The standard InChI is InChI=1S/C15H23N3O2/c1-10-7-12(8-13(14(10)16)15(19)20-4)18-6-5-11(9-18)17(2)3/h7-8,11H,5-6,9,16H2,1-4H3. The summed E-state index contributed by atoms with van der Waals surface area (Å²) < 4.78 is 4.80. The number of carbonyl (C=O) groups is 1. The monoisotopic (exact) mass is 277 g/mol. The first-order chi connectivity index (χ1) is 9.43. The Bertz CT molecular complexity index is 514. The van der Waals surface area contributed by atoms with E-state index in [1.54, 1.807) is 0 Å². The Labute approximate surface area is 120 Å². The molecule has 5 heteroatoms. The summed E-state index contributed by atoms with van der Waals surface area (Å²) in [5.74, 6) is -0.379. The number of rotatable bonds is 3. The lowest BCUT2D eigenvalue weighted by atomic mass is 10.1. The van der Waals surface area contributed by atoms with E-state index >= 15 is 0 Å². The molecule has 0 saturated carbocycles. The molecule has 2 rings (SSSR count). The smallest absolute Gasteiger partial charge is 0.340 e. The predicted octanol–water partition coefficient (Wildman–Crippen LogP) is 1.50. The Hall–Kier alpha value is -1.75. The Kier molecular flexibility index (Phi) is 4.18. The first-order valence-corrected chi connectivity index (χ1v) is 6.84. The summed E-state index contributed by atoms with van der Waals surface area (Å²) in [6.07, 6.45) is 1.13. The summed E-state index contributed by atoms with van der Waals surface area (Å²) >= 11 is 0. The van der Waals surface area contributed by atoms with Crippen molar-refractivity contribution in [3.8, 4) is 0 Å². The molecule has 2 N–H and O–H groups in total. The van der Waals surface area contributed by atoms with Crippen molar-refractivity contribution in [3.05, 3.63) is 23.3 Å². The van der Waals surface area contributed by atoms with Gasteiger partial charge in [-0.3, -0.25) is 0 Å². The van der Waals surface area contributed by atoms with E-state index in [2.05, 4.69) is 23.9 Å². The fourth-order valence-electron chi connectivity index (χ4n) is 2.64. The molecule has 110 valence electrons. The first-order valence-electron chi connectivity index (χ1n) is 6.84. The molecule has 1 saturated heterocycles. The van der Waals surface area contributed by atoms with Crippen molar-refractivity contribution in [2.24, 2.45) is 0 Å². The van der Waals surface area contributed by atoms with Crippen LogP contribution in [0, 0.1) is 6.92 Å². The van der Waals surface area contributed by atoms with E-state index in [0.717, 1.165) is 30.8 Å². The number of nitrogens with two attached hydrogens (primary N) is 1. The van der Waals surface area contributed by atoms with Crippen LogP contribution in [0.3, 0.4) is 0 Å². The Morgan fingerprint density at radius 1 is 1.45 bits per heavy atom. The molecule has 0 aromatic heterocycles. The average Bonchev–Trinajstić information content (AvgIpc) is 2.90. The average molecular weight is 277 g/mol. The van der Waals surface area contributed by atoms with Gasteiger partial charge in [-0.15, -0.1) is 0 Å². The minimum atomic E-state index is -0.379. The van der Waals surface area contributed by atoms with Gasteiger partial charge in [-0.25, -0.2) is 4.79 Å². The summed E-state index contributed by atoms with van der Waals surface area (Å²) in [7, 11) is 5.58. The van der Waals surface area contributed by atoms with Crippen LogP contribution < -0.4 is 10.6 Å². The van der Waals surface area contributed by atoms with E-state index in [9.17, 15) is 4.79 Å². The van der Waals surface area contributed by atoms with E-state index < -0.39 is 0 Å². The predicted molar refractivity (Wildman–Crippen MR) is 81.2 cm³/mol. The van der Waals surface area contributed by atoms with Gasteiger partial charge in [0.1, 0.15) is 0 Å². The number of nitrogen functional groups attached to an aromatic ring is 1. The number of nitrogens with zero attached hydrogens (tertiary/aromatic N) is 2. The molecule has 20 heavy (non-hydrogen) atoms. The van der Waals surface area contributed by atoms with Gasteiger partial charge in [0.05, 0.1) is 12.7 Å². The third kappa shape index (κ3) is 2.72. The van der Waals surface area contributed by atoms with Crippen molar-refractivity contribution in [1.29, 1.82) is 0 Å². The quantitative estimate of drug-likeness (QED) is 0.670. The largest absolute Gasteiger partial charge is 0.465 e. The number of carbonyl (C=O) groups excluding carboxylic acids is 1. The Balaban J connectivity index is 2.30. The molecule has 1 aromatic carbocycles. The van der Waals surface area contributed by atoms with Crippen molar-refractivity contribution in [2.45, 2.75) is 19.4 Å². The van der Waals surface area contributed by atoms with Crippen molar-refractivity contribution < 1.29 is 9.53 Å². The molecule has 1 fully saturated rings. The van der Waals surface area contributed by atoms with Crippen LogP contribution in [-0.2, 0) is 4.74 Å². The maximum Gasteiger partial charge on any atom is 0.340 e. The van der Waals surface area contributed by atoms with Crippen molar-refractivity contribution in [3.63, 3.8) is 0 Å². The molecule has 1 aliphatic heterocycles. The van der Waals surface area contributed by atoms with Crippen LogP contribution in [0.4, 0.5) is 11.4 Å². The number of aryl methyl sites for hydroxylation is 1. The molecule has 0 aliphatic carbocycles. The van der Waals surface area contributed by atoms with Crippen LogP contribution >= 0.6 is 0 Å². The lowest BCUT2D eigenvalue weighted by Gasteiger charge is -2.23. The number of esters is 1. The van der Waals surface area contributed by atoms with Gasteiger partial charge in [-0.05, 0) is 45.1 Å². The van der Waals surface area contributed by atoms with Gasteiger partial charge < -0.3 is 20.3 Å². The van der Waals surface area contributed by atoms with Crippen LogP contribution in [0.5, 0.6) is 0 Å². The van der Waals surface area contributed by atoms with Gasteiger partial charge in [-0.2, -0.15) is 0 Å². The highest BCUT2D eigenvalue weighted by Gasteiger charge is 2.25. The highest BCUT2D eigenvalue weighted by atomic mass is 16.5. The summed E-state index contributed by atoms with van der Waals surface area (Å²) in [4.78, 5) is 16.3. The van der Waals surface area contributed by atoms with E-state index in [1.165, 1.54) is 7.11 Å². The van der Waals surface area contributed by atoms with Gasteiger partial charge in [0.2, 0.25) is 0 Å². The third-order valence-electron chi connectivity index (χ3n) is 4.04. The minimum absolute atomic E-state index is 0.379. The lowest BCUT2D eigenvalue weighted by Crippen LogP contribution is -2.31. The van der Waals surface area contributed by atoms with Crippen LogP contribution in [0.25, 0.3) is 0 Å². The molecule has 1 aliphatic rings. The topological polar surface area (TPSA) is 58.8 Å². The molecule has 0 spiro atoms. The van der Waals surface area contributed by atoms with E-state index in [-0.39, 0.29) is 5.97 Å². The van der Waals surface area contributed by atoms with Crippen molar-refractivity contribution in [1.82, 2.24) is 4.90 Å². The van der Waals surface area contributed by atoms with Gasteiger partial charge in [-0.1, -0.05) is 0 Å². The molecular weight excluding hydrogens is 254 g/mol. The molecule has 0 radical (unpaired) electrons. The first kappa shape index (κ1) is 14.7. The van der Waals surface area contributed by atoms with Crippen molar-refractivity contribution >= 4 is 17.3 Å². The summed E-state index contributed by atoms with van der Waals surface area (Å²) in [5, 5.41) is 0. The van der Waals surface area contributed by atoms with Gasteiger partial charge in [0.25, 0.3) is 0 Å². The normalized spacial score (nSPS) is 18.6. The number of hydrogen-bond acceptors (Lipinski definition) is 5. The van der Waals surface area contributed by atoms with Crippen LogP contribution in [0.2, 0.25) is 0 Å². The molecule has 1 heterocycles. The second kappa shape index (κ2) is 5.71. The zero-order valence-electron chi connectivity index (χ0n) is 12.6. The highest BCUT2D eigenvalue weighted by Crippen LogP contribution is 2.29. The number of likely N-dealkylation sites (N-methyl/N-ethyl adjacent to an activating group) is 1. The zero-order valence-corrected chi connectivity index (χ0v) is 12.6. The number of ether oxygens (including phenoxy) is 1. The molecule has 1 atom stereocenters. The Morgan fingerprint density at radius 3 is 2.70 bits per heavy atom. The lowest BCUT2D eigenvalue weighted by molar-refractivity contribution is 0.0602. The highest BCUT2D eigenvalue weighted by molar-refractivity contribution is 5.97. The summed E-state index contributed by atoms with van der Waals surface area (Å²) in [6.45, 7) is 3.88. The van der Waals surface area contributed by atoms with Crippen LogP contribution in [0.15, 0.2) is 12.1 Å². The fraction of sp³-hybridized carbons (Fsp3) is 0.533. The van der Waals surface area contributed by atoms with Gasteiger partial charge in [0, 0.05) is 30.5 Å². The van der Waals surface area contributed by atoms with Crippen molar-refractivity contribution in [2.75, 3.05) is 44.9 Å². The molecule has 0 bridgehead atoms. The zero-order chi connectivity index (χ0) is 14.9. The molecule has 0 amide bonds. The Morgan fingerprint density at radius 2 is 2.15 bits per heavy atom. The number of benzene rings is 1. The fourth-order valence-corrected chi connectivity index (χ4v) is 2.64. The number of hydrogen-bond donors (Lipinski definition) is 1. The molecule has 1 aromatic rings. The van der Waals surface area contributed by atoms with Crippen LogP contribution in [0.1, 0.15) is 22.3 Å². The maximum atomic E-state index is 11.8. The minimum Gasteiger partial charge on any atom is -0.465 e. The summed E-state index contributed by atoms with van der Waals surface area (Å²) in [5.41, 5.74) is 8.89. The van der Waals surface area contributed by atoms with Gasteiger partial charge >= 0.3 is 5.97 Å². The van der Waals surface area contributed by atoms with Crippen LogP contribution in [-0.4, -0.2) is 51.2 Å². The third-order valence-corrected chi connectivity index (χ3v) is 4.04. The van der Waals surface area contributed by atoms with E-state index in [1.807, 2.05) is 19.1 Å². The summed E-state index contributed by atoms with van der Waals surface area (Å²) in [6, 6.07) is 4.43. The number of methoxy groups -OCH3 is 1. The molecular formula is C15H23N3O2. The second-order valence-corrected chi connectivity index (χ2v) is 5.57. The second-order valence-electron chi connectivity index (χ2n) is 5.57. The maximum absolute atomic E-state index is 11.8. The SMILES string of the molecule is COC(=O)c1cc(N2CCC(N(C)C)C2)cc(C)c1N. The van der Waals surface area contributed by atoms with E-state index in [4.69, 9.17) is 10.5 Å². The number of anilines is 2. The molecule has 5 nitrogen and oxygen atoms in total. The molecule has 1 unspecified atom stereocenters. The van der Waals surface area contributed by atoms with Gasteiger partial charge in [0.15, 0.2) is 0 Å².